The zero-order valence-corrected chi connectivity index (χ0v) is 25.7. The quantitative estimate of drug-likeness (QED) is 0.419. The summed E-state index contributed by atoms with van der Waals surface area (Å²) in [4.78, 5) is 41.2. The zero-order valence-electron chi connectivity index (χ0n) is 25.7. The van der Waals surface area contributed by atoms with Crippen molar-refractivity contribution in [1.29, 1.82) is 0 Å². The number of likely N-dealkylation sites (tertiary alicyclic amines) is 2. The second-order valence-electron chi connectivity index (χ2n) is 12.5. The molecule has 0 aliphatic carbocycles. The van der Waals surface area contributed by atoms with Crippen LogP contribution < -0.4 is 0 Å². The van der Waals surface area contributed by atoms with Crippen LogP contribution >= 0.6 is 0 Å². The van der Waals surface area contributed by atoms with Gasteiger partial charge in [0.05, 0.1) is 17.3 Å². The molecule has 4 heterocycles. The highest BCUT2D eigenvalue weighted by Crippen LogP contribution is 2.29. The third-order valence-electron chi connectivity index (χ3n) is 9.60. The first-order chi connectivity index (χ1) is 21.6. The maximum atomic E-state index is 13.9. The third-order valence-corrected chi connectivity index (χ3v) is 9.60. The predicted molar refractivity (Wildman–Crippen MR) is 173 cm³/mol. The number of pyridine rings is 1. The molecule has 3 aliphatic rings. The highest BCUT2D eigenvalue weighted by atomic mass is 16.3. The van der Waals surface area contributed by atoms with E-state index in [0.717, 1.165) is 114 Å². The van der Waals surface area contributed by atoms with Crippen molar-refractivity contribution < 1.29 is 14.7 Å². The zero-order chi connectivity index (χ0) is 30.3. The lowest BCUT2D eigenvalue weighted by atomic mass is 9.92. The van der Waals surface area contributed by atoms with Crippen LogP contribution in [0.4, 0.5) is 0 Å². The summed E-state index contributed by atoms with van der Waals surface area (Å²) in [7, 11) is 0. The van der Waals surface area contributed by atoms with Crippen LogP contribution in [0.5, 0.6) is 0 Å². The number of hydrogen-bond acceptors (Lipinski definition) is 6. The van der Waals surface area contributed by atoms with E-state index in [0.29, 0.717) is 17.5 Å². The molecule has 0 saturated carbocycles. The molecule has 3 aromatic rings. The lowest BCUT2D eigenvalue weighted by Crippen LogP contribution is -2.54. The summed E-state index contributed by atoms with van der Waals surface area (Å²) < 4.78 is 0. The van der Waals surface area contributed by atoms with Crippen molar-refractivity contribution in [3.63, 3.8) is 0 Å². The lowest BCUT2D eigenvalue weighted by molar-refractivity contribution is -0.139. The molecule has 8 nitrogen and oxygen atoms in total. The van der Waals surface area contributed by atoms with Gasteiger partial charge in [-0.3, -0.25) is 19.4 Å². The maximum absolute atomic E-state index is 13.9. The third kappa shape index (κ3) is 7.20. The van der Waals surface area contributed by atoms with Gasteiger partial charge in [-0.05, 0) is 50.8 Å². The molecule has 8 heteroatoms. The summed E-state index contributed by atoms with van der Waals surface area (Å²) in [6.07, 6.45) is 4.67. The Kier molecular flexibility index (Phi) is 10.0. The van der Waals surface area contributed by atoms with E-state index in [1.807, 2.05) is 77.7 Å². The average Bonchev–Trinajstić information content (AvgIpc) is 3.11. The molecule has 1 N–H and O–H groups in total. The first-order valence-corrected chi connectivity index (χ1v) is 16.4. The van der Waals surface area contributed by atoms with Gasteiger partial charge in [0.25, 0.3) is 5.91 Å². The molecule has 0 radical (unpaired) electrons. The number of piperazine rings is 1. The molecule has 1 atom stereocenters. The molecule has 6 rings (SSSR count). The Morgan fingerprint density at radius 1 is 0.750 bits per heavy atom. The van der Waals surface area contributed by atoms with Crippen LogP contribution in [0.25, 0.3) is 22.5 Å². The lowest BCUT2D eigenvalue weighted by Gasteiger charge is -2.43. The highest BCUT2D eigenvalue weighted by molar-refractivity contribution is 5.96. The number of amides is 2. The Labute approximate surface area is 261 Å². The average molecular weight is 596 g/mol. The molecule has 3 fully saturated rings. The molecule has 2 aromatic carbocycles. The van der Waals surface area contributed by atoms with Crippen LogP contribution in [-0.4, -0.2) is 113 Å². The summed E-state index contributed by atoms with van der Waals surface area (Å²) >= 11 is 0. The minimum absolute atomic E-state index is 0.0602. The molecule has 0 unspecified atom stereocenters. The first-order valence-electron chi connectivity index (χ1n) is 16.4. The Morgan fingerprint density at radius 2 is 1.36 bits per heavy atom. The molecule has 3 aliphatic heterocycles. The Bertz CT molecular complexity index is 1330. The van der Waals surface area contributed by atoms with Gasteiger partial charge >= 0.3 is 0 Å². The van der Waals surface area contributed by atoms with Crippen molar-refractivity contribution in [2.45, 2.75) is 38.1 Å². The van der Waals surface area contributed by atoms with E-state index in [9.17, 15) is 9.59 Å². The summed E-state index contributed by atoms with van der Waals surface area (Å²) in [5, 5.41) is 9.11. The predicted octanol–water partition coefficient (Wildman–Crippen LogP) is 4.26. The molecule has 1 aromatic heterocycles. The fourth-order valence-corrected chi connectivity index (χ4v) is 7.07. The molecule has 3 saturated heterocycles. The normalized spacial score (nSPS) is 20.5. The van der Waals surface area contributed by atoms with Gasteiger partial charge in [-0.2, -0.15) is 0 Å². The molecular formula is C36H45N5O3. The number of aliphatic hydroxyl groups excluding tert-OH is 1. The Morgan fingerprint density at radius 3 is 1.95 bits per heavy atom. The van der Waals surface area contributed by atoms with E-state index in [4.69, 9.17) is 10.1 Å². The Balaban J connectivity index is 1.07. The number of carbonyl (C=O) groups excluding carboxylic acids is 2. The van der Waals surface area contributed by atoms with Gasteiger partial charge in [0.15, 0.2) is 0 Å². The van der Waals surface area contributed by atoms with E-state index in [2.05, 4.69) is 14.7 Å². The molecule has 0 spiro atoms. The van der Waals surface area contributed by atoms with E-state index < -0.39 is 0 Å². The van der Waals surface area contributed by atoms with Crippen molar-refractivity contribution in [2.24, 2.45) is 5.92 Å². The van der Waals surface area contributed by atoms with Gasteiger partial charge in [0.1, 0.15) is 0 Å². The number of carbonyl (C=O) groups is 2. The van der Waals surface area contributed by atoms with E-state index in [1.165, 1.54) is 0 Å². The summed E-state index contributed by atoms with van der Waals surface area (Å²) in [5.41, 5.74) is 4.28. The second kappa shape index (κ2) is 14.5. The molecule has 2 amide bonds. The number of benzene rings is 2. The van der Waals surface area contributed by atoms with Crippen LogP contribution in [0.3, 0.4) is 0 Å². The van der Waals surface area contributed by atoms with Crippen molar-refractivity contribution in [1.82, 2.24) is 24.6 Å². The fraction of sp³-hybridized carbons (Fsp3) is 0.472. The number of aromatic nitrogens is 1. The largest absolute Gasteiger partial charge is 0.396 e. The number of aliphatic hydroxyl groups is 1. The molecule has 0 bridgehead atoms. The number of piperidine rings is 2. The standard InChI is InChI=1S/C36H45N5O3/c42-24-8-16-38-20-22-40(23-21-38)35(43)30-13-7-17-41(27-30)32-14-18-39(19-15-32)36(44)31-25-33(28-9-3-1-4-10-28)37-34(26-31)29-11-5-2-6-12-29/h1-6,9-12,25-26,30,32,42H,7-8,13-24,27H2/t30-/m1/s1. The number of rotatable bonds is 8. The minimum atomic E-state index is 0.0602. The first kappa shape index (κ1) is 30.4. The van der Waals surface area contributed by atoms with Gasteiger partial charge in [-0.15, -0.1) is 0 Å². The smallest absolute Gasteiger partial charge is 0.254 e. The second-order valence-corrected chi connectivity index (χ2v) is 12.5. The van der Waals surface area contributed by atoms with Crippen molar-refractivity contribution in [3.8, 4) is 22.5 Å². The van der Waals surface area contributed by atoms with Crippen LogP contribution in [0.2, 0.25) is 0 Å². The summed E-state index contributed by atoms with van der Waals surface area (Å²) in [5.74, 6) is 0.437. The number of nitrogens with zero attached hydrogens (tertiary/aromatic N) is 5. The van der Waals surface area contributed by atoms with Gasteiger partial charge in [0, 0.05) is 81.7 Å². The fourth-order valence-electron chi connectivity index (χ4n) is 7.07. The van der Waals surface area contributed by atoms with Gasteiger partial charge < -0.3 is 14.9 Å². The van der Waals surface area contributed by atoms with E-state index in [1.54, 1.807) is 0 Å². The summed E-state index contributed by atoms with van der Waals surface area (Å²) in [6.45, 7) is 7.78. The van der Waals surface area contributed by atoms with Gasteiger partial charge in [-0.25, -0.2) is 4.98 Å². The van der Waals surface area contributed by atoms with Crippen LogP contribution in [-0.2, 0) is 4.79 Å². The van der Waals surface area contributed by atoms with Gasteiger partial charge in [-0.1, -0.05) is 60.7 Å². The van der Waals surface area contributed by atoms with E-state index in [-0.39, 0.29) is 18.4 Å². The highest BCUT2D eigenvalue weighted by Gasteiger charge is 2.35. The number of hydrogen-bond donors (Lipinski definition) is 1. The summed E-state index contributed by atoms with van der Waals surface area (Å²) in [6, 6.07) is 24.4. The maximum Gasteiger partial charge on any atom is 0.254 e. The topological polar surface area (TPSA) is 80.2 Å². The molecular weight excluding hydrogens is 550 g/mol. The van der Waals surface area contributed by atoms with Crippen molar-refractivity contribution in [2.75, 3.05) is 65.5 Å². The minimum Gasteiger partial charge on any atom is -0.396 e. The van der Waals surface area contributed by atoms with Gasteiger partial charge in [0.2, 0.25) is 5.91 Å². The van der Waals surface area contributed by atoms with Crippen LogP contribution in [0.1, 0.15) is 42.5 Å². The molecule has 44 heavy (non-hydrogen) atoms. The van der Waals surface area contributed by atoms with Crippen molar-refractivity contribution >= 4 is 11.8 Å². The SMILES string of the molecule is O=C(c1cc(-c2ccccc2)nc(-c2ccccc2)c1)N1CCC(N2CCC[C@@H](C(=O)N3CCN(CCCO)CC3)C2)CC1. The van der Waals surface area contributed by atoms with Crippen molar-refractivity contribution in [3.05, 3.63) is 78.4 Å². The Hall–Kier alpha value is -3.59. The molecule has 232 valence electrons. The van der Waals surface area contributed by atoms with E-state index >= 15 is 0 Å². The van der Waals surface area contributed by atoms with Crippen LogP contribution in [0, 0.1) is 5.92 Å². The van der Waals surface area contributed by atoms with Crippen LogP contribution in [0.15, 0.2) is 72.8 Å². The monoisotopic (exact) mass is 595 g/mol.